The summed E-state index contributed by atoms with van der Waals surface area (Å²) in [5.41, 5.74) is 6.55. The van der Waals surface area contributed by atoms with Crippen LogP contribution >= 0.6 is 11.8 Å². The van der Waals surface area contributed by atoms with Gasteiger partial charge in [0.1, 0.15) is 0 Å². The highest BCUT2D eigenvalue weighted by Crippen LogP contribution is 2.61. The third-order valence-electron chi connectivity index (χ3n) is 5.73. The SMILES string of the molecule is c1ccc2c(c1)-c1ccccc1C21C[C@H]2CSC[C@H]2C1. The molecule has 2 aromatic rings. The molecule has 0 N–H and O–H groups in total. The van der Waals surface area contributed by atoms with Gasteiger partial charge >= 0.3 is 0 Å². The normalized spacial score (nSPS) is 28.4. The van der Waals surface area contributed by atoms with Crippen LogP contribution in [0.25, 0.3) is 11.1 Å². The molecule has 0 nitrogen and oxygen atoms in total. The van der Waals surface area contributed by atoms with Gasteiger partial charge in [-0.1, -0.05) is 48.5 Å². The first-order valence-electron chi connectivity index (χ1n) is 7.66. The van der Waals surface area contributed by atoms with Crippen LogP contribution in [-0.4, -0.2) is 11.5 Å². The van der Waals surface area contributed by atoms with Crippen LogP contribution in [0, 0.1) is 11.8 Å². The van der Waals surface area contributed by atoms with Crippen LogP contribution in [0.5, 0.6) is 0 Å². The van der Waals surface area contributed by atoms with Crippen LogP contribution in [0.15, 0.2) is 48.5 Å². The summed E-state index contributed by atoms with van der Waals surface area (Å²) in [6, 6.07) is 18.3. The fraction of sp³-hybridized carbons (Fsp3) is 0.368. The van der Waals surface area contributed by atoms with Crippen LogP contribution in [0.3, 0.4) is 0 Å². The second-order valence-electron chi connectivity index (χ2n) is 6.64. The minimum Gasteiger partial charge on any atom is -0.161 e. The van der Waals surface area contributed by atoms with Crippen LogP contribution in [0.2, 0.25) is 0 Å². The average molecular weight is 278 g/mol. The maximum Gasteiger partial charge on any atom is 0.0221 e. The van der Waals surface area contributed by atoms with Gasteiger partial charge in [-0.25, -0.2) is 0 Å². The van der Waals surface area contributed by atoms with Crippen molar-refractivity contribution in [3.8, 4) is 11.1 Å². The van der Waals surface area contributed by atoms with Gasteiger partial charge < -0.3 is 0 Å². The maximum absolute atomic E-state index is 2.39. The van der Waals surface area contributed by atoms with Crippen molar-refractivity contribution in [2.45, 2.75) is 18.3 Å². The fourth-order valence-electron chi connectivity index (χ4n) is 4.93. The van der Waals surface area contributed by atoms with E-state index in [-0.39, 0.29) is 0 Å². The van der Waals surface area contributed by atoms with Gasteiger partial charge in [-0.05, 0) is 58.4 Å². The Balaban J connectivity index is 1.77. The van der Waals surface area contributed by atoms with Crippen molar-refractivity contribution in [3.05, 3.63) is 59.7 Å². The van der Waals surface area contributed by atoms with E-state index in [1.165, 1.54) is 35.5 Å². The molecular weight excluding hydrogens is 260 g/mol. The second-order valence-corrected chi connectivity index (χ2v) is 7.71. The summed E-state index contributed by atoms with van der Waals surface area (Å²) in [6.07, 6.45) is 2.75. The predicted molar refractivity (Wildman–Crippen MR) is 86.2 cm³/mol. The lowest BCUT2D eigenvalue weighted by atomic mass is 9.76. The van der Waals surface area contributed by atoms with Gasteiger partial charge in [0.2, 0.25) is 0 Å². The Morgan fingerprint density at radius 2 is 1.25 bits per heavy atom. The highest BCUT2D eigenvalue weighted by molar-refractivity contribution is 7.99. The Morgan fingerprint density at radius 3 is 1.80 bits per heavy atom. The zero-order valence-corrected chi connectivity index (χ0v) is 12.3. The average Bonchev–Trinajstić information content (AvgIpc) is 3.13. The van der Waals surface area contributed by atoms with Crippen molar-refractivity contribution >= 4 is 11.8 Å². The number of benzene rings is 2. The first-order valence-corrected chi connectivity index (χ1v) is 8.81. The summed E-state index contributed by atoms with van der Waals surface area (Å²) >= 11 is 2.17. The van der Waals surface area contributed by atoms with E-state index in [1.54, 1.807) is 11.1 Å². The van der Waals surface area contributed by atoms with Crippen molar-refractivity contribution in [2.75, 3.05) is 11.5 Å². The molecular formula is C19H18S. The summed E-state index contributed by atoms with van der Waals surface area (Å²) in [6.45, 7) is 0. The van der Waals surface area contributed by atoms with Gasteiger partial charge in [-0.3, -0.25) is 0 Å². The third kappa shape index (κ3) is 1.30. The van der Waals surface area contributed by atoms with Gasteiger partial charge in [-0.15, -0.1) is 0 Å². The lowest BCUT2D eigenvalue weighted by molar-refractivity contribution is 0.494. The van der Waals surface area contributed by atoms with Crippen LogP contribution < -0.4 is 0 Å². The molecule has 2 aromatic carbocycles. The van der Waals surface area contributed by atoms with Crippen molar-refractivity contribution in [1.82, 2.24) is 0 Å². The van der Waals surface area contributed by atoms with E-state index in [2.05, 4.69) is 60.3 Å². The molecule has 1 saturated heterocycles. The minimum atomic E-state index is 0.337. The van der Waals surface area contributed by atoms with Gasteiger partial charge in [0.15, 0.2) is 0 Å². The number of fused-ring (bicyclic) bond motifs is 6. The third-order valence-corrected chi connectivity index (χ3v) is 7.05. The summed E-state index contributed by atoms with van der Waals surface area (Å²) in [5.74, 6) is 4.66. The van der Waals surface area contributed by atoms with E-state index in [1.807, 2.05) is 0 Å². The molecule has 100 valence electrons. The molecule has 0 amide bonds. The maximum atomic E-state index is 2.39. The van der Waals surface area contributed by atoms with Crippen molar-refractivity contribution in [1.29, 1.82) is 0 Å². The summed E-state index contributed by atoms with van der Waals surface area (Å²) in [4.78, 5) is 0. The molecule has 0 bridgehead atoms. The number of hydrogen-bond donors (Lipinski definition) is 0. The molecule has 1 saturated carbocycles. The van der Waals surface area contributed by atoms with E-state index < -0.39 is 0 Å². The van der Waals surface area contributed by atoms with Crippen LogP contribution in [0.4, 0.5) is 0 Å². The molecule has 20 heavy (non-hydrogen) atoms. The standard InChI is InChI=1S/C19H18S/c1-3-7-17-15(5-1)16-6-2-4-8-18(16)19(17)9-13-11-20-12-14(13)10-19/h1-8,13-14H,9-12H2/t13-,14+. The van der Waals surface area contributed by atoms with Gasteiger partial charge in [0, 0.05) is 5.41 Å². The number of hydrogen-bond acceptors (Lipinski definition) is 1. The summed E-state index contributed by atoms with van der Waals surface area (Å²) in [7, 11) is 0. The van der Waals surface area contributed by atoms with E-state index in [9.17, 15) is 0 Å². The smallest absolute Gasteiger partial charge is 0.0221 e. The molecule has 0 radical (unpaired) electrons. The Hall–Kier alpha value is -1.21. The van der Waals surface area contributed by atoms with E-state index in [4.69, 9.17) is 0 Å². The van der Waals surface area contributed by atoms with Gasteiger partial charge in [0.05, 0.1) is 0 Å². The highest BCUT2D eigenvalue weighted by Gasteiger charge is 2.52. The fourth-order valence-corrected chi connectivity index (χ4v) is 6.45. The first kappa shape index (κ1) is 11.4. The Bertz CT molecular complexity index is 628. The summed E-state index contributed by atoms with van der Waals surface area (Å²) in [5, 5.41) is 0. The van der Waals surface area contributed by atoms with Crippen molar-refractivity contribution in [2.24, 2.45) is 11.8 Å². The van der Waals surface area contributed by atoms with E-state index >= 15 is 0 Å². The van der Waals surface area contributed by atoms with Crippen molar-refractivity contribution in [3.63, 3.8) is 0 Å². The molecule has 1 heterocycles. The van der Waals surface area contributed by atoms with Crippen LogP contribution in [0.1, 0.15) is 24.0 Å². The topological polar surface area (TPSA) is 0 Å². The lowest BCUT2D eigenvalue weighted by Crippen LogP contribution is -2.22. The molecule has 1 spiro atoms. The van der Waals surface area contributed by atoms with Crippen molar-refractivity contribution < 1.29 is 0 Å². The quantitative estimate of drug-likeness (QED) is 0.671. The zero-order valence-electron chi connectivity index (χ0n) is 11.5. The Kier molecular flexibility index (Phi) is 2.24. The molecule has 5 rings (SSSR count). The lowest BCUT2D eigenvalue weighted by Gasteiger charge is -2.28. The molecule has 2 atom stereocenters. The molecule has 2 fully saturated rings. The van der Waals surface area contributed by atoms with E-state index in [0.717, 1.165) is 11.8 Å². The van der Waals surface area contributed by atoms with Gasteiger partial charge in [-0.2, -0.15) is 11.8 Å². The summed E-state index contributed by atoms with van der Waals surface area (Å²) < 4.78 is 0. The molecule has 3 aliphatic rings. The van der Waals surface area contributed by atoms with Gasteiger partial charge in [0.25, 0.3) is 0 Å². The molecule has 1 heteroatoms. The number of rotatable bonds is 0. The molecule has 0 aromatic heterocycles. The molecule has 1 aliphatic heterocycles. The Morgan fingerprint density at radius 1 is 0.750 bits per heavy atom. The predicted octanol–water partition coefficient (Wildman–Crippen LogP) is 4.73. The minimum absolute atomic E-state index is 0.337. The van der Waals surface area contributed by atoms with E-state index in [0.29, 0.717) is 5.41 Å². The molecule has 0 unspecified atom stereocenters. The zero-order chi connectivity index (χ0) is 13.2. The van der Waals surface area contributed by atoms with Crippen LogP contribution in [-0.2, 0) is 5.41 Å². The largest absolute Gasteiger partial charge is 0.161 e. The monoisotopic (exact) mass is 278 g/mol. The second kappa shape index (κ2) is 3.92. The Labute approximate surface area is 124 Å². The number of thioether (sulfide) groups is 1. The highest BCUT2D eigenvalue weighted by atomic mass is 32.2. The first-order chi connectivity index (χ1) is 9.88. The molecule has 2 aliphatic carbocycles.